The number of hydrogen-bond acceptors (Lipinski definition) is 7. The fourth-order valence-corrected chi connectivity index (χ4v) is 4.63. The van der Waals surface area contributed by atoms with Gasteiger partial charge in [0.05, 0.1) is 18.5 Å². The molecule has 0 bridgehead atoms. The summed E-state index contributed by atoms with van der Waals surface area (Å²) in [4.78, 5) is 23.0. The number of H-pyrrole nitrogens is 1. The molecule has 0 spiro atoms. The first kappa shape index (κ1) is 16.4. The van der Waals surface area contributed by atoms with Gasteiger partial charge in [-0.1, -0.05) is 6.07 Å². The Balaban J connectivity index is 1.35. The lowest BCUT2D eigenvalue weighted by atomic mass is 9.77. The van der Waals surface area contributed by atoms with Gasteiger partial charge in [0.2, 0.25) is 0 Å². The molecule has 27 heavy (non-hydrogen) atoms. The standard InChI is InChI=1S/C19H23N7O/c1-27-15-7-13-9-26(19-17-18(22-10-21-17)23-11-24-19)8-12(13)6-14(15)25-16-4-2-3-5-20-16/h2-5,10-15H,6-9H2,1H3,(H,20,25)(H,21,22,23,24)/t12-,13+,14-,15-/m1/s1. The zero-order valence-electron chi connectivity index (χ0n) is 15.2. The molecule has 0 amide bonds. The number of methoxy groups -OCH3 is 1. The van der Waals surface area contributed by atoms with Gasteiger partial charge >= 0.3 is 0 Å². The minimum absolute atomic E-state index is 0.186. The molecule has 5 rings (SSSR count). The molecule has 1 saturated carbocycles. The maximum atomic E-state index is 5.83. The van der Waals surface area contributed by atoms with E-state index in [0.29, 0.717) is 11.8 Å². The van der Waals surface area contributed by atoms with E-state index in [9.17, 15) is 0 Å². The van der Waals surface area contributed by atoms with Gasteiger partial charge in [0.1, 0.15) is 17.7 Å². The molecule has 1 saturated heterocycles. The van der Waals surface area contributed by atoms with Crippen LogP contribution in [0.25, 0.3) is 11.2 Å². The summed E-state index contributed by atoms with van der Waals surface area (Å²) in [5, 5.41) is 3.58. The normalized spacial score (nSPS) is 27.7. The first-order valence-electron chi connectivity index (χ1n) is 9.41. The molecule has 2 N–H and O–H groups in total. The molecule has 0 unspecified atom stereocenters. The number of fused-ring (bicyclic) bond motifs is 2. The minimum atomic E-state index is 0.186. The summed E-state index contributed by atoms with van der Waals surface area (Å²) in [6.45, 7) is 1.98. The van der Waals surface area contributed by atoms with Crippen LogP contribution in [0, 0.1) is 11.8 Å². The van der Waals surface area contributed by atoms with E-state index in [4.69, 9.17) is 4.74 Å². The number of aromatic amines is 1. The Labute approximate surface area is 157 Å². The van der Waals surface area contributed by atoms with Gasteiger partial charge in [-0.2, -0.15) is 0 Å². The lowest BCUT2D eigenvalue weighted by Gasteiger charge is -2.37. The van der Waals surface area contributed by atoms with Crippen LogP contribution in [0.4, 0.5) is 11.6 Å². The highest BCUT2D eigenvalue weighted by Crippen LogP contribution is 2.40. The molecule has 8 nitrogen and oxygen atoms in total. The van der Waals surface area contributed by atoms with Gasteiger partial charge in [0.15, 0.2) is 11.5 Å². The Hall–Kier alpha value is -2.74. The van der Waals surface area contributed by atoms with Crippen molar-refractivity contribution in [2.75, 3.05) is 30.4 Å². The number of nitrogens with zero attached hydrogens (tertiary/aromatic N) is 5. The Kier molecular flexibility index (Phi) is 4.12. The number of pyridine rings is 1. The molecule has 0 aromatic carbocycles. The van der Waals surface area contributed by atoms with Crippen LogP contribution in [0.15, 0.2) is 37.1 Å². The monoisotopic (exact) mass is 365 g/mol. The second kappa shape index (κ2) is 6.77. The average molecular weight is 365 g/mol. The summed E-state index contributed by atoms with van der Waals surface area (Å²) < 4.78 is 5.83. The Bertz CT molecular complexity index is 915. The highest BCUT2D eigenvalue weighted by atomic mass is 16.5. The average Bonchev–Trinajstić information content (AvgIpc) is 3.34. The number of imidazole rings is 1. The van der Waals surface area contributed by atoms with Crippen molar-refractivity contribution >= 4 is 22.8 Å². The zero-order chi connectivity index (χ0) is 18.2. The van der Waals surface area contributed by atoms with Crippen LogP contribution >= 0.6 is 0 Å². The first-order valence-corrected chi connectivity index (χ1v) is 9.41. The van der Waals surface area contributed by atoms with Crippen LogP contribution < -0.4 is 10.2 Å². The quantitative estimate of drug-likeness (QED) is 0.731. The van der Waals surface area contributed by atoms with Gasteiger partial charge in [0.25, 0.3) is 0 Å². The molecule has 4 atom stereocenters. The van der Waals surface area contributed by atoms with Crippen LogP contribution in [-0.4, -0.2) is 57.3 Å². The largest absolute Gasteiger partial charge is 0.379 e. The van der Waals surface area contributed by atoms with E-state index in [0.717, 1.165) is 48.7 Å². The van der Waals surface area contributed by atoms with Gasteiger partial charge in [-0.25, -0.2) is 19.9 Å². The number of anilines is 2. The van der Waals surface area contributed by atoms with Crippen LogP contribution in [0.3, 0.4) is 0 Å². The Morgan fingerprint density at radius 3 is 2.81 bits per heavy atom. The van der Waals surface area contributed by atoms with Crippen molar-refractivity contribution in [3.63, 3.8) is 0 Å². The molecule has 0 radical (unpaired) electrons. The number of nitrogens with one attached hydrogen (secondary N) is 2. The SMILES string of the molecule is CO[C@@H]1C[C@H]2CN(c3ncnc4nc[nH]c34)C[C@H]2C[C@H]1Nc1ccccn1. The lowest BCUT2D eigenvalue weighted by Crippen LogP contribution is -2.44. The summed E-state index contributed by atoms with van der Waals surface area (Å²) in [5.74, 6) is 3.07. The van der Waals surface area contributed by atoms with E-state index >= 15 is 0 Å². The highest BCUT2D eigenvalue weighted by Gasteiger charge is 2.43. The molecule has 140 valence electrons. The predicted molar refractivity (Wildman–Crippen MR) is 103 cm³/mol. The van der Waals surface area contributed by atoms with E-state index in [2.05, 4.69) is 35.1 Å². The molecular weight excluding hydrogens is 342 g/mol. The van der Waals surface area contributed by atoms with Crippen LogP contribution in [-0.2, 0) is 4.74 Å². The molecular formula is C19H23N7O. The van der Waals surface area contributed by atoms with Crippen molar-refractivity contribution in [2.45, 2.75) is 25.0 Å². The molecule has 3 aromatic heterocycles. The number of hydrogen-bond donors (Lipinski definition) is 2. The van der Waals surface area contributed by atoms with Crippen LogP contribution in [0.2, 0.25) is 0 Å². The third-order valence-electron chi connectivity index (χ3n) is 5.92. The molecule has 2 aliphatic rings. The van der Waals surface area contributed by atoms with Gasteiger partial charge in [0, 0.05) is 26.4 Å². The number of aromatic nitrogens is 5. The Morgan fingerprint density at radius 2 is 2.00 bits per heavy atom. The van der Waals surface area contributed by atoms with Gasteiger partial charge in [-0.3, -0.25) is 0 Å². The Morgan fingerprint density at radius 1 is 1.11 bits per heavy atom. The second-order valence-electron chi connectivity index (χ2n) is 7.43. The van der Waals surface area contributed by atoms with Crippen molar-refractivity contribution in [1.29, 1.82) is 0 Å². The maximum Gasteiger partial charge on any atom is 0.182 e. The summed E-state index contributed by atoms with van der Waals surface area (Å²) in [6.07, 6.45) is 7.39. The first-order chi connectivity index (χ1) is 13.3. The van der Waals surface area contributed by atoms with Gasteiger partial charge in [-0.15, -0.1) is 0 Å². The minimum Gasteiger partial charge on any atom is -0.379 e. The molecule has 1 aliphatic heterocycles. The predicted octanol–water partition coefficient (Wildman–Crippen LogP) is 2.09. The second-order valence-corrected chi connectivity index (χ2v) is 7.43. The summed E-state index contributed by atoms with van der Waals surface area (Å²) >= 11 is 0. The molecule has 1 aliphatic carbocycles. The van der Waals surface area contributed by atoms with Crippen molar-refractivity contribution < 1.29 is 4.74 Å². The fraction of sp³-hybridized carbons (Fsp3) is 0.474. The highest BCUT2D eigenvalue weighted by molar-refractivity contribution is 5.82. The van der Waals surface area contributed by atoms with E-state index in [1.54, 1.807) is 12.7 Å². The third-order valence-corrected chi connectivity index (χ3v) is 5.92. The molecule has 8 heteroatoms. The molecule has 4 heterocycles. The van der Waals surface area contributed by atoms with Gasteiger partial charge < -0.3 is 19.9 Å². The third kappa shape index (κ3) is 2.99. The summed E-state index contributed by atoms with van der Waals surface area (Å²) in [5.41, 5.74) is 1.64. The topological polar surface area (TPSA) is 91.9 Å². The zero-order valence-corrected chi connectivity index (χ0v) is 15.2. The van der Waals surface area contributed by atoms with Crippen molar-refractivity contribution in [2.24, 2.45) is 11.8 Å². The van der Waals surface area contributed by atoms with Crippen LogP contribution in [0.1, 0.15) is 12.8 Å². The summed E-state index contributed by atoms with van der Waals surface area (Å²) in [6, 6.07) is 6.21. The fourth-order valence-electron chi connectivity index (χ4n) is 4.63. The van der Waals surface area contributed by atoms with Crippen LogP contribution in [0.5, 0.6) is 0 Å². The molecule has 3 aromatic rings. The van der Waals surface area contributed by atoms with E-state index < -0.39 is 0 Å². The maximum absolute atomic E-state index is 5.83. The lowest BCUT2D eigenvalue weighted by molar-refractivity contribution is 0.0305. The van der Waals surface area contributed by atoms with Gasteiger partial charge in [-0.05, 0) is 36.8 Å². The summed E-state index contributed by atoms with van der Waals surface area (Å²) in [7, 11) is 1.81. The number of rotatable bonds is 4. The van der Waals surface area contributed by atoms with E-state index in [1.165, 1.54) is 0 Å². The van der Waals surface area contributed by atoms with Crippen molar-refractivity contribution in [3.05, 3.63) is 37.1 Å². The molecule has 2 fully saturated rings. The van der Waals surface area contributed by atoms with E-state index in [-0.39, 0.29) is 12.1 Å². The van der Waals surface area contributed by atoms with Crippen molar-refractivity contribution in [1.82, 2.24) is 24.9 Å². The smallest absolute Gasteiger partial charge is 0.182 e. The van der Waals surface area contributed by atoms with E-state index in [1.807, 2.05) is 31.5 Å². The number of ether oxygens (including phenoxy) is 1. The van der Waals surface area contributed by atoms with Crippen molar-refractivity contribution in [3.8, 4) is 0 Å².